The van der Waals surface area contributed by atoms with Crippen molar-refractivity contribution >= 4 is 34.3 Å². The maximum absolute atomic E-state index is 11.9. The lowest BCUT2D eigenvalue weighted by molar-refractivity contribution is -0.385. The number of benzene rings is 2. The van der Waals surface area contributed by atoms with Gasteiger partial charge in [-0.2, -0.15) is 5.10 Å². The van der Waals surface area contributed by atoms with Gasteiger partial charge in [-0.3, -0.25) is 15.5 Å². The van der Waals surface area contributed by atoms with E-state index in [1.54, 1.807) is 30.5 Å². The summed E-state index contributed by atoms with van der Waals surface area (Å²) in [4.78, 5) is 27.0. The number of rotatable bonds is 8. The molecule has 0 saturated carbocycles. The number of carbonyl (C=O) groups is 1. The predicted octanol–water partition coefficient (Wildman–Crippen LogP) is 4.17. The van der Waals surface area contributed by atoms with Crippen LogP contribution in [0.3, 0.4) is 0 Å². The molecule has 0 amide bonds. The number of hydrogen-bond donors (Lipinski definition) is 1. The summed E-state index contributed by atoms with van der Waals surface area (Å²) in [6.45, 7) is 1.75. The highest BCUT2D eigenvalue weighted by Gasteiger charge is 2.22. The maximum atomic E-state index is 11.9. The van der Waals surface area contributed by atoms with Gasteiger partial charge in [0.05, 0.1) is 35.1 Å². The molecule has 1 aromatic heterocycles. The fraction of sp³-hybridized carbons (Fsp3) is 0.150. The summed E-state index contributed by atoms with van der Waals surface area (Å²) >= 11 is 1.46. The molecule has 10 heteroatoms. The number of nitro groups is 1. The van der Waals surface area contributed by atoms with E-state index in [0.29, 0.717) is 10.9 Å². The van der Waals surface area contributed by atoms with Gasteiger partial charge < -0.3 is 9.47 Å². The summed E-state index contributed by atoms with van der Waals surface area (Å²) in [5, 5.41) is 18.1. The third-order valence-electron chi connectivity index (χ3n) is 4.01. The Balaban J connectivity index is 1.68. The monoisotopic (exact) mass is 426 g/mol. The molecule has 1 heterocycles. The minimum atomic E-state index is -0.660. The molecule has 0 spiro atoms. The number of anilines is 1. The van der Waals surface area contributed by atoms with Crippen LogP contribution in [0, 0.1) is 17.0 Å². The van der Waals surface area contributed by atoms with Crippen molar-refractivity contribution in [3.63, 3.8) is 0 Å². The molecule has 1 N–H and O–H groups in total. The molecule has 0 fully saturated rings. The molecular formula is C20H18N4O5S. The molecule has 9 nitrogen and oxygen atoms in total. The molecule has 3 aromatic rings. The third kappa shape index (κ3) is 5.17. The van der Waals surface area contributed by atoms with Gasteiger partial charge in [0.15, 0.2) is 0 Å². The van der Waals surface area contributed by atoms with Gasteiger partial charge in [0.1, 0.15) is 12.4 Å². The van der Waals surface area contributed by atoms with E-state index in [2.05, 4.69) is 15.5 Å². The van der Waals surface area contributed by atoms with Crippen molar-refractivity contribution in [3.05, 3.63) is 80.3 Å². The summed E-state index contributed by atoms with van der Waals surface area (Å²) in [7, 11) is 1.22. The summed E-state index contributed by atoms with van der Waals surface area (Å²) in [5.74, 6) is -0.170. The highest BCUT2D eigenvalue weighted by molar-refractivity contribution is 7.13. The van der Waals surface area contributed by atoms with Gasteiger partial charge in [-0.15, -0.1) is 11.3 Å². The number of nitro benzene ring substituents is 1. The molecule has 154 valence electrons. The van der Waals surface area contributed by atoms with Gasteiger partial charge in [-0.25, -0.2) is 9.78 Å². The molecule has 3 rings (SSSR count). The first-order chi connectivity index (χ1) is 14.5. The van der Waals surface area contributed by atoms with Crippen LogP contribution in [0.25, 0.3) is 0 Å². The Bertz CT molecular complexity index is 1080. The van der Waals surface area contributed by atoms with Crippen LogP contribution in [0.1, 0.15) is 27.2 Å². The number of carbonyl (C=O) groups excluding carboxylic acids is 1. The Morgan fingerprint density at radius 3 is 2.70 bits per heavy atom. The van der Waals surface area contributed by atoms with Crippen molar-refractivity contribution in [1.29, 1.82) is 0 Å². The van der Waals surface area contributed by atoms with Crippen LogP contribution in [-0.4, -0.2) is 29.2 Å². The molecule has 0 bridgehead atoms. The summed E-state index contributed by atoms with van der Waals surface area (Å²) in [5.41, 5.74) is 4.65. The minimum absolute atomic E-state index is 0.0963. The number of esters is 1. The van der Waals surface area contributed by atoms with Crippen LogP contribution in [0.4, 0.5) is 10.8 Å². The molecule has 0 radical (unpaired) electrons. The molecule has 0 aliphatic rings. The lowest BCUT2D eigenvalue weighted by Crippen LogP contribution is -2.10. The van der Waals surface area contributed by atoms with E-state index in [0.717, 1.165) is 11.3 Å². The SMILES string of the molecule is COC(=O)c1cccc([N+](=O)[O-])c1COc1ccc(C=NNc2nc(C)cs2)cc1. The Hall–Kier alpha value is -3.79. The first-order valence-corrected chi connectivity index (χ1v) is 9.64. The number of hydrazone groups is 1. The average Bonchev–Trinajstić information content (AvgIpc) is 3.17. The van der Waals surface area contributed by atoms with Crippen molar-refractivity contribution < 1.29 is 19.2 Å². The maximum Gasteiger partial charge on any atom is 0.338 e. The number of nitrogens with zero attached hydrogens (tertiary/aromatic N) is 3. The number of aromatic nitrogens is 1. The quantitative estimate of drug-likeness (QED) is 0.249. The zero-order valence-electron chi connectivity index (χ0n) is 16.2. The van der Waals surface area contributed by atoms with E-state index in [1.165, 1.54) is 36.6 Å². The standard InChI is InChI=1S/C20H18N4O5S/c1-13-12-30-20(22-13)23-21-10-14-6-8-15(9-7-14)29-11-17-16(19(25)28-2)4-3-5-18(17)24(26)27/h3-10,12H,11H2,1-2H3,(H,22,23). The molecule has 0 atom stereocenters. The molecule has 0 saturated heterocycles. The van der Waals surface area contributed by atoms with Gasteiger partial charge in [-0.05, 0) is 42.8 Å². The molecule has 2 aromatic carbocycles. The van der Waals surface area contributed by atoms with E-state index in [1.807, 2.05) is 12.3 Å². The Labute approximate surface area is 176 Å². The third-order valence-corrected chi connectivity index (χ3v) is 4.87. The van der Waals surface area contributed by atoms with E-state index >= 15 is 0 Å². The van der Waals surface area contributed by atoms with Crippen molar-refractivity contribution in [3.8, 4) is 5.75 Å². The van der Waals surface area contributed by atoms with Crippen molar-refractivity contribution in [2.45, 2.75) is 13.5 Å². The van der Waals surface area contributed by atoms with E-state index in [4.69, 9.17) is 9.47 Å². The second-order valence-electron chi connectivity index (χ2n) is 6.07. The van der Waals surface area contributed by atoms with Crippen molar-refractivity contribution in [2.24, 2.45) is 5.10 Å². The van der Waals surface area contributed by atoms with Crippen LogP contribution in [0.15, 0.2) is 52.9 Å². The first-order valence-electron chi connectivity index (χ1n) is 8.76. The second kappa shape index (κ2) is 9.61. The van der Waals surface area contributed by atoms with Gasteiger partial charge in [0, 0.05) is 11.4 Å². The van der Waals surface area contributed by atoms with Gasteiger partial charge in [-0.1, -0.05) is 6.07 Å². The van der Waals surface area contributed by atoms with Crippen LogP contribution < -0.4 is 10.2 Å². The number of aryl methyl sites for hydroxylation is 1. The summed E-state index contributed by atoms with van der Waals surface area (Å²) in [6, 6.07) is 11.2. The van der Waals surface area contributed by atoms with Crippen LogP contribution in [0.5, 0.6) is 5.75 Å². The van der Waals surface area contributed by atoms with E-state index in [9.17, 15) is 14.9 Å². The predicted molar refractivity (Wildman–Crippen MR) is 113 cm³/mol. The Kier molecular flexibility index (Phi) is 6.71. The van der Waals surface area contributed by atoms with Gasteiger partial charge >= 0.3 is 5.97 Å². The summed E-state index contributed by atoms with van der Waals surface area (Å²) in [6.07, 6.45) is 1.64. The lowest BCUT2D eigenvalue weighted by atomic mass is 10.1. The highest BCUT2D eigenvalue weighted by atomic mass is 32.1. The normalized spacial score (nSPS) is 10.7. The fourth-order valence-corrected chi connectivity index (χ4v) is 3.21. The highest BCUT2D eigenvalue weighted by Crippen LogP contribution is 2.25. The van der Waals surface area contributed by atoms with E-state index in [-0.39, 0.29) is 23.4 Å². The molecule has 0 aliphatic heterocycles. The second-order valence-corrected chi connectivity index (χ2v) is 6.93. The molecule has 0 unspecified atom stereocenters. The van der Waals surface area contributed by atoms with Crippen molar-refractivity contribution in [2.75, 3.05) is 12.5 Å². The number of methoxy groups -OCH3 is 1. The van der Waals surface area contributed by atoms with Gasteiger partial charge in [0.25, 0.3) is 5.69 Å². The zero-order valence-corrected chi connectivity index (χ0v) is 17.0. The molecule has 30 heavy (non-hydrogen) atoms. The number of thiazole rings is 1. The van der Waals surface area contributed by atoms with Crippen molar-refractivity contribution in [1.82, 2.24) is 4.98 Å². The molecular weight excluding hydrogens is 408 g/mol. The zero-order chi connectivity index (χ0) is 21.5. The smallest absolute Gasteiger partial charge is 0.338 e. The Morgan fingerprint density at radius 2 is 2.07 bits per heavy atom. The van der Waals surface area contributed by atoms with Crippen LogP contribution >= 0.6 is 11.3 Å². The van der Waals surface area contributed by atoms with Crippen LogP contribution in [0.2, 0.25) is 0 Å². The number of ether oxygens (including phenoxy) is 2. The van der Waals surface area contributed by atoms with Gasteiger partial charge in [0.2, 0.25) is 5.13 Å². The largest absolute Gasteiger partial charge is 0.489 e. The topological polar surface area (TPSA) is 116 Å². The fourth-order valence-electron chi connectivity index (χ4n) is 2.57. The average molecular weight is 426 g/mol. The van der Waals surface area contributed by atoms with Crippen LogP contribution in [-0.2, 0) is 11.3 Å². The lowest BCUT2D eigenvalue weighted by Gasteiger charge is -2.10. The minimum Gasteiger partial charge on any atom is -0.489 e. The number of hydrogen-bond acceptors (Lipinski definition) is 9. The Morgan fingerprint density at radius 1 is 1.30 bits per heavy atom. The van der Waals surface area contributed by atoms with E-state index < -0.39 is 10.9 Å². The first kappa shape index (κ1) is 20.9. The summed E-state index contributed by atoms with van der Waals surface area (Å²) < 4.78 is 10.4. The molecule has 0 aliphatic carbocycles. The number of nitrogens with one attached hydrogen (secondary N) is 1.